The van der Waals surface area contributed by atoms with E-state index in [1.807, 2.05) is 0 Å². The number of hydrogen-bond donors (Lipinski definition) is 2. The molecule has 0 radical (unpaired) electrons. The van der Waals surface area contributed by atoms with Crippen molar-refractivity contribution >= 4 is 0 Å². The van der Waals surface area contributed by atoms with Gasteiger partial charge < -0.3 is 11.1 Å². The molecule has 0 saturated heterocycles. The van der Waals surface area contributed by atoms with Gasteiger partial charge in [0.1, 0.15) is 0 Å². The molecule has 3 N–H and O–H groups in total. The molecular formula is C13H28N2. The number of rotatable bonds is 6. The van der Waals surface area contributed by atoms with E-state index in [1.165, 1.54) is 45.2 Å². The average molecular weight is 212 g/mol. The van der Waals surface area contributed by atoms with Crippen LogP contribution in [0.1, 0.15) is 46.0 Å². The molecular weight excluding hydrogens is 184 g/mol. The first-order valence-corrected chi connectivity index (χ1v) is 6.67. The van der Waals surface area contributed by atoms with Crippen molar-refractivity contribution < 1.29 is 0 Å². The minimum absolute atomic E-state index is 0.816. The van der Waals surface area contributed by atoms with E-state index in [0.29, 0.717) is 0 Å². The maximum Gasteiger partial charge on any atom is -0.00204 e. The molecule has 0 amide bonds. The highest BCUT2D eigenvalue weighted by Gasteiger charge is 2.19. The van der Waals surface area contributed by atoms with Gasteiger partial charge in [0.15, 0.2) is 0 Å². The zero-order valence-corrected chi connectivity index (χ0v) is 10.5. The van der Waals surface area contributed by atoms with E-state index >= 15 is 0 Å². The molecule has 0 spiro atoms. The van der Waals surface area contributed by atoms with Gasteiger partial charge in [-0.05, 0) is 63.1 Å². The summed E-state index contributed by atoms with van der Waals surface area (Å²) < 4.78 is 0. The number of hydrogen-bond acceptors (Lipinski definition) is 2. The van der Waals surface area contributed by atoms with Crippen molar-refractivity contribution in [1.29, 1.82) is 0 Å². The minimum Gasteiger partial charge on any atom is -0.330 e. The topological polar surface area (TPSA) is 38.0 Å². The van der Waals surface area contributed by atoms with Gasteiger partial charge in [0.25, 0.3) is 0 Å². The maximum atomic E-state index is 5.69. The molecule has 1 aliphatic rings. The van der Waals surface area contributed by atoms with Gasteiger partial charge in [0.2, 0.25) is 0 Å². The molecule has 1 rings (SSSR count). The van der Waals surface area contributed by atoms with Crippen LogP contribution in [0.4, 0.5) is 0 Å². The Labute approximate surface area is 95.0 Å². The van der Waals surface area contributed by atoms with Crippen LogP contribution in [0.15, 0.2) is 0 Å². The van der Waals surface area contributed by atoms with Crippen molar-refractivity contribution in [1.82, 2.24) is 5.32 Å². The third kappa shape index (κ3) is 4.98. The Kier molecular flexibility index (Phi) is 6.26. The van der Waals surface area contributed by atoms with Gasteiger partial charge in [-0.25, -0.2) is 0 Å². The van der Waals surface area contributed by atoms with Crippen LogP contribution in [-0.2, 0) is 0 Å². The molecule has 1 atom stereocenters. The van der Waals surface area contributed by atoms with Gasteiger partial charge in [0.05, 0.1) is 0 Å². The number of nitrogens with two attached hydrogens (primary N) is 1. The third-order valence-electron chi connectivity index (χ3n) is 3.92. The first-order chi connectivity index (χ1) is 7.26. The molecule has 0 heterocycles. The fourth-order valence-electron chi connectivity index (χ4n) is 2.35. The Morgan fingerprint density at radius 1 is 1.20 bits per heavy atom. The fraction of sp³-hybridized carbons (Fsp3) is 1.00. The minimum atomic E-state index is 0.816. The van der Waals surface area contributed by atoms with E-state index < -0.39 is 0 Å². The third-order valence-corrected chi connectivity index (χ3v) is 3.92. The van der Waals surface area contributed by atoms with E-state index in [1.54, 1.807) is 0 Å². The molecule has 1 unspecified atom stereocenters. The molecule has 1 aliphatic carbocycles. The lowest BCUT2D eigenvalue weighted by atomic mass is 9.82. The zero-order valence-electron chi connectivity index (χ0n) is 10.5. The van der Waals surface area contributed by atoms with Crippen molar-refractivity contribution in [3.8, 4) is 0 Å². The highest BCUT2D eigenvalue weighted by molar-refractivity contribution is 4.74. The molecule has 2 heteroatoms. The Hall–Kier alpha value is -0.0800. The van der Waals surface area contributed by atoms with E-state index in [2.05, 4.69) is 19.2 Å². The van der Waals surface area contributed by atoms with Gasteiger partial charge >= 0.3 is 0 Å². The van der Waals surface area contributed by atoms with Gasteiger partial charge in [-0.3, -0.25) is 0 Å². The summed E-state index contributed by atoms with van der Waals surface area (Å²) in [5.74, 6) is 2.55. The molecule has 0 aromatic rings. The van der Waals surface area contributed by atoms with E-state index in [4.69, 9.17) is 5.73 Å². The van der Waals surface area contributed by atoms with Crippen LogP contribution in [0, 0.1) is 17.8 Å². The van der Waals surface area contributed by atoms with Crippen molar-refractivity contribution in [2.45, 2.75) is 46.0 Å². The second-order valence-corrected chi connectivity index (χ2v) is 5.29. The summed E-state index contributed by atoms with van der Waals surface area (Å²) in [6, 6.07) is 0. The standard InChI is InChI=1S/C13H28N2/c1-3-11(2)9-15-10-13-6-4-12(8-14)5-7-13/h11-13,15H,3-10,14H2,1-2H3. The molecule has 0 aromatic heterocycles. The van der Waals surface area contributed by atoms with Crippen LogP contribution in [0.2, 0.25) is 0 Å². The van der Waals surface area contributed by atoms with E-state index in [0.717, 1.165) is 24.3 Å². The maximum absolute atomic E-state index is 5.69. The van der Waals surface area contributed by atoms with Crippen molar-refractivity contribution in [2.75, 3.05) is 19.6 Å². The highest BCUT2D eigenvalue weighted by atomic mass is 14.9. The van der Waals surface area contributed by atoms with Crippen LogP contribution >= 0.6 is 0 Å². The monoisotopic (exact) mass is 212 g/mol. The lowest BCUT2D eigenvalue weighted by Gasteiger charge is -2.28. The Morgan fingerprint density at radius 2 is 1.80 bits per heavy atom. The molecule has 0 aliphatic heterocycles. The summed E-state index contributed by atoms with van der Waals surface area (Å²) in [7, 11) is 0. The summed E-state index contributed by atoms with van der Waals surface area (Å²) >= 11 is 0. The quantitative estimate of drug-likeness (QED) is 0.709. The van der Waals surface area contributed by atoms with Crippen LogP contribution in [0.5, 0.6) is 0 Å². The van der Waals surface area contributed by atoms with Gasteiger partial charge in [-0.2, -0.15) is 0 Å². The van der Waals surface area contributed by atoms with Crippen LogP contribution in [0.25, 0.3) is 0 Å². The lowest BCUT2D eigenvalue weighted by molar-refractivity contribution is 0.269. The predicted molar refractivity (Wildman–Crippen MR) is 66.8 cm³/mol. The summed E-state index contributed by atoms with van der Waals surface area (Å²) in [5.41, 5.74) is 5.69. The first-order valence-electron chi connectivity index (χ1n) is 6.67. The SMILES string of the molecule is CCC(C)CNCC1CCC(CN)CC1. The summed E-state index contributed by atoms with van der Waals surface area (Å²) in [6.45, 7) is 7.89. The van der Waals surface area contributed by atoms with E-state index in [-0.39, 0.29) is 0 Å². The van der Waals surface area contributed by atoms with Gasteiger partial charge in [-0.15, -0.1) is 0 Å². The zero-order chi connectivity index (χ0) is 11.1. The summed E-state index contributed by atoms with van der Waals surface area (Å²) in [6.07, 6.45) is 6.76. The lowest BCUT2D eigenvalue weighted by Crippen LogP contribution is -2.30. The highest BCUT2D eigenvalue weighted by Crippen LogP contribution is 2.27. The average Bonchev–Trinajstić information content (AvgIpc) is 2.29. The van der Waals surface area contributed by atoms with Gasteiger partial charge in [-0.1, -0.05) is 20.3 Å². The molecule has 2 nitrogen and oxygen atoms in total. The van der Waals surface area contributed by atoms with Gasteiger partial charge in [0, 0.05) is 0 Å². The normalized spacial score (nSPS) is 29.0. The Bertz CT molecular complexity index is 151. The molecule has 15 heavy (non-hydrogen) atoms. The number of nitrogens with one attached hydrogen (secondary N) is 1. The predicted octanol–water partition coefficient (Wildman–Crippen LogP) is 2.39. The van der Waals surface area contributed by atoms with Crippen molar-refractivity contribution in [3.05, 3.63) is 0 Å². The molecule has 90 valence electrons. The van der Waals surface area contributed by atoms with Crippen LogP contribution < -0.4 is 11.1 Å². The Morgan fingerprint density at radius 3 is 2.33 bits per heavy atom. The summed E-state index contributed by atoms with van der Waals surface area (Å²) in [5, 5.41) is 3.61. The van der Waals surface area contributed by atoms with Crippen LogP contribution in [0.3, 0.4) is 0 Å². The second kappa shape index (κ2) is 7.24. The van der Waals surface area contributed by atoms with Crippen LogP contribution in [-0.4, -0.2) is 19.6 Å². The second-order valence-electron chi connectivity index (χ2n) is 5.29. The van der Waals surface area contributed by atoms with Crippen molar-refractivity contribution in [3.63, 3.8) is 0 Å². The molecule has 0 bridgehead atoms. The van der Waals surface area contributed by atoms with Crippen molar-refractivity contribution in [2.24, 2.45) is 23.5 Å². The molecule has 1 saturated carbocycles. The largest absolute Gasteiger partial charge is 0.330 e. The summed E-state index contributed by atoms with van der Waals surface area (Å²) in [4.78, 5) is 0. The molecule has 1 fully saturated rings. The molecule has 0 aromatic carbocycles. The fourth-order valence-corrected chi connectivity index (χ4v) is 2.35. The first kappa shape index (κ1) is 13.0. The Balaban J connectivity index is 2.03. The smallest absolute Gasteiger partial charge is 0.00204 e. The van der Waals surface area contributed by atoms with E-state index in [9.17, 15) is 0 Å².